The minimum atomic E-state index is -5.80. The zero-order valence-corrected chi connectivity index (χ0v) is 26.5. The average Bonchev–Trinajstić information content (AvgIpc) is 3.58. The van der Waals surface area contributed by atoms with Gasteiger partial charge < -0.3 is 50.4 Å². The fourth-order valence-corrected chi connectivity index (χ4v) is 7.12. The van der Waals surface area contributed by atoms with Crippen molar-refractivity contribution in [1.29, 1.82) is 0 Å². The van der Waals surface area contributed by atoms with E-state index in [1.807, 2.05) is 0 Å². The number of anilines is 1. The van der Waals surface area contributed by atoms with E-state index in [9.17, 15) is 52.8 Å². The van der Waals surface area contributed by atoms with Crippen LogP contribution in [-0.2, 0) is 50.6 Å². The summed E-state index contributed by atoms with van der Waals surface area (Å²) in [5, 5.41) is 9.83. The fourth-order valence-electron chi connectivity index (χ4n) is 4.29. The second-order valence-electron chi connectivity index (χ2n) is 9.52. The highest BCUT2D eigenvalue weighted by Crippen LogP contribution is 2.62. The summed E-state index contributed by atoms with van der Waals surface area (Å²) in [4.78, 5) is 86.0. The molecule has 2 unspecified atom stereocenters. The molecule has 27 heteroatoms. The molecule has 48 heavy (non-hydrogen) atoms. The molecule has 0 saturated carbocycles. The third kappa shape index (κ3) is 9.16. The van der Waals surface area contributed by atoms with Crippen LogP contribution in [0.15, 0.2) is 37.2 Å². The van der Waals surface area contributed by atoms with Crippen LogP contribution in [0.3, 0.4) is 0 Å². The van der Waals surface area contributed by atoms with Crippen molar-refractivity contribution in [2.45, 2.75) is 36.9 Å². The minimum Gasteiger partial charge on any atom is -0.394 e. The Balaban J connectivity index is 1.47. The van der Waals surface area contributed by atoms with Gasteiger partial charge >= 0.3 is 23.5 Å². The van der Waals surface area contributed by atoms with Crippen LogP contribution in [0.2, 0.25) is 0 Å². The van der Waals surface area contributed by atoms with Crippen molar-refractivity contribution in [2.75, 3.05) is 18.9 Å². The molecule has 0 spiro atoms. The number of nitrogens with two attached hydrogens (primary N) is 2. The van der Waals surface area contributed by atoms with Crippen molar-refractivity contribution in [2.24, 2.45) is 5.73 Å². The molecule has 24 nitrogen and oxygen atoms in total. The number of fused-ring (bicyclic) bond motifs is 1. The molecule has 1 saturated heterocycles. The molecule has 8 atom stereocenters. The van der Waals surface area contributed by atoms with E-state index in [1.165, 1.54) is 18.3 Å². The number of ether oxygens (including phenoxy) is 2. The largest absolute Gasteiger partial charge is 0.481 e. The maximum atomic E-state index is 12.9. The zero-order valence-electron chi connectivity index (χ0n) is 23.9. The molecule has 3 aromatic rings. The molecule has 0 aromatic carbocycles. The van der Waals surface area contributed by atoms with Crippen molar-refractivity contribution >= 4 is 58.9 Å². The van der Waals surface area contributed by atoms with Crippen LogP contribution < -0.4 is 16.0 Å². The Labute approximate surface area is 267 Å². The first-order chi connectivity index (χ1) is 22.5. The van der Waals surface area contributed by atoms with Crippen molar-refractivity contribution in [3.8, 4) is 0 Å². The Bertz CT molecular complexity index is 1810. The van der Waals surface area contributed by atoms with Gasteiger partial charge in [-0.1, -0.05) is 0 Å². The van der Waals surface area contributed by atoms with Crippen molar-refractivity contribution < 1.29 is 84.7 Å². The van der Waals surface area contributed by atoms with E-state index in [-0.39, 0.29) is 35.1 Å². The summed E-state index contributed by atoms with van der Waals surface area (Å²) < 4.78 is 68.5. The standard InChI is InChI=1S/C21H26N7O17P3/c22-18-15-20(25-9-24-18)28(10-26-15)14(7-31)41-12(5-29)8-40-47(36,37)45-48(38,39)44-16-13(6-30)42-21(17(16)43-46(33,34)35)27-3-1-2-11(4-27)19(23)32/h1-5,7,9-10,12-14,16-17,21,30H,6,8H2,(H7-,22,23,24,25,32,33,34,35,36,37,38,39)/p+1/t12-,13+,14+,16+,17+,21+/m0/s1. The molecule has 1 fully saturated rings. The van der Waals surface area contributed by atoms with Gasteiger partial charge in [0.05, 0.1) is 19.5 Å². The van der Waals surface area contributed by atoms with Gasteiger partial charge in [-0.3, -0.25) is 27.7 Å². The van der Waals surface area contributed by atoms with Gasteiger partial charge in [-0.25, -0.2) is 28.6 Å². The second kappa shape index (κ2) is 15.0. The molecule has 0 bridgehead atoms. The lowest BCUT2D eigenvalue weighted by Gasteiger charge is -2.25. The highest BCUT2D eigenvalue weighted by molar-refractivity contribution is 7.61. The van der Waals surface area contributed by atoms with Crippen molar-refractivity contribution in [3.63, 3.8) is 0 Å². The summed E-state index contributed by atoms with van der Waals surface area (Å²) in [6.07, 6.45) is -6.11. The SMILES string of the molecule is NC(=O)c1ccc[n+]([C@@H]2O[C@H](CO)[C@@H](OP(=O)(O)OP(=O)(O)OC[C@H](C=O)O[C@H](C=O)n3cnc4c(N)ncnc43)[C@H]2OP(=O)(O)O)c1. The first-order valence-corrected chi connectivity index (χ1v) is 17.5. The number of phosphoric ester groups is 3. The minimum absolute atomic E-state index is 0.0269. The number of hydrogen-bond acceptors (Lipinski definition) is 17. The molecule has 1 aliphatic heterocycles. The predicted molar refractivity (Wildman–Crippen MR) is 150 cm³/mol. The number of nitrogen functional groups attached to an aromatic ring is 1. The monoisotopic (exact) mass is 742 g/mol. The van der Waals surface area contributed by atoms with E-state index in [1.54, 1.807) is 0 Å². The first kappa shape index (κ1) is 37.4. The summed E-state index contributed by atoms with van der Waals surface area (Å²) >= 11 is 0. The first-order valence-electron chi connectivity index (χ1n) is 13.0. The van der Waals surface area contributed by atoms with Crippen LogP contribution in [0.4, 0.5) is 5.82 Å². The van der Waals surface area contributed by atoms with Gasteiger partial charge in [0.1, 0.15) is 35.7 Å². The predicted octanol–water partition coefficient (Wildman–Crippen LogP) is -2.24. The Morgan fingerprint density at radius 3 is 2.44 bits per heavy atom. The van der Waals surface area contributed by atoms with Crippen LogP contribution in [0, 0.1) is 0 Å². The van der Waals surface area contributed by atoms with Gasteiger partial charge in [-0.05, 0) is 6.07 Å². The Hall–Kier alpha value is -3.44. The number of amides is 1. The number of rotatable bonds is 17. The Kier molecular flexibility index (Phi) is 11.7. The normalized spacial score (nSPS) is 23.6. The molecule has 0 aliphatic carbocycles. The molecule has 262 valence electrons. The van der Waals surface area contributed by atoms with Crippen LogP contribution >= 0.6 is 23.5 Å². The molecular weight excluding hydrogens is 715 g/mol. The van der Waals surface area contributed by atoms with Gasteiger partial charge in [-0.2, -0.15) is 8.88 Å². The third-order valence-corrected chi connectivity index (χ3v) is 9.39. The van der Waals surface area contributed by atoms with Gasteiger partial charge in [0.2, 0.25) is 0 Å². The lowest BCUT2D eigenvalue weighted by atomic mass is 10.1. The number of imidazole rings is 1. The molecule has 3 aromatic heterocycles. The summed E-state index contributed by atoms with van der Waals surface area (Å²) in [6, 6.07) is 2.57. The number of aliphatic hydroxyl groups is 1. The summed E-state index contributed by atoms with van der Waals surface area (Å²) in [7, 11) is -16.9. The van der Waals surface area contributed by atoms with Gasteiger partial charge in [0, 0.05) is 6.07 Å². The van der Waals surface area contributed by atoms with E-state index in [0.29, 0.717) is 0 Å². The van der Waals surface area contributed by atoms with Crippen molar-refractivity contribution in [1.82, 2.24) is 19.5 Å². The number of primary amides is 1. The lowest BCUT2D eigenvalue weighted by molar-refractivity contribution is -0.765. The maximum absolute atomic E-state index is 12.9. The summed E-state index contributed by atoms with van der Waals surface area (Å²) in [6.45, 7) is -2.16. The third-order valence-electron chi connectivity index (χ3n) is 6.23. The number of phosphoric acid groups is 3. The molecule has 4 rings (SSSR count). The van der Waals surface area contributed by atoms with Gasteiger partial charge in [0.25, 0.3) is 12.1 Å². The van der Waals surface area contributed by atoms with Crippen LogP contribution in [0.5, 0.6) is 0 Å². The number of aldehydes is 2. The highest BCUT2D eigenvalue weighted by atomic mass is 31.3. The zero-order chi connectivity index (χ0) is 35.4. The quantitative estimate of drug-likeness (QED) is 0.0437. The summed E-state index contributed by atoms with van der Waals surface area (Å²) in [5.41, 5.74) is 11.0. The lowest BCUT2D eigenvalue weighted by Crippen LogP contribution is -2.47. The second-order valence-corrected chi connectivity index (χ2v) is 13.7. The van der Waals surface area contributed by atoms with Crippen LogP contribution in [0.1, 0.15) is 22.8 Å². The van der Waals surface area contributed by atoms with Crippen molar-refractivity contribution in [3.05, 3.63) is 42.7 Å². The maximum Gasteiger partial charge on any atom is 0.481 e. The number of hydrogen-bond donors (Lipinski definition) is 7. The number of carbonyl (C=O) groups is 3. The number of aliphatic hydroxyl groups excluding tert-OH is 1. The number of aromatic nitrogens is 5. The van der Waals surface area contributed by atoms with Gasteiger partial charge in [0.15, 0.2) is 48.8 Å². The highest BCUT2D eigenvalue weighted by Gasteiger charge is 2.56. The van der Waals surface area contributed by atoms with E-state index in [4.69, 9.17) is 30.0 Å². The molecule has 4 heterocycles. The fraction of sp³-hybridized carbons (Fsp3) is 0.381. The van der Waals surface area contributed by atoms with Gasteiger partial charge in [-0.15, -0.1) is 0 Å². The number of pyridine rings is 1. The van der Waals surface area contributed by atoms with E-state index in [0.717, 1.165) is 28.0 Å². The van der Waals surface area contributed by atoms with E-state index in [2.05, 4.69) is 23.8 Å². The number of nitrogens with zero attached hydrogens (tertiary/aromatic N) is 5. The van der Waals surface area contributed by atoms with E-state index < -0.39 is 79.5 Å². The van der Waals surface area contributed by atoms with Crippen LogP contribution in [-0.4, -0.2) is 100 Å². The molecule has 9 N–H and O–H groups in total. The smallest absolute Gasteiger partial charge is 0.394 e. The molecular formula is C21H27N7O17P3+. The molecule has 1 amide bonds. The molecule has 0 radical (unpaired) electrons. The summed E-state index contributed by atoms with van der Waals surface area (Å²) in [5.74, 6) is -0.944. The Morgan fingerprint density at radius 1 is 1.08 bits per heavy atom. The van der Waals surface area contributed by atoms with Crippen LogP contribution in [0.25, 0.3) is 11.2 Å². The topological polar surface area (TPSA) is 358 Å². The average molecular weight is 742 g/mol. The number of carbonyl (C=O) groups excluding carboxylic acids is 3. The Morgan fingerprint density at radius 2 is 1.81 bits per heavy atom. The van der Waals surface area contributed by atoms with E-state index >= 15 is 0 Å². The molecule has 1 aliphatic rings.